The SMILES string of the molecule is Cc1ccc(C(O)c2ccc(Br)c(Br)c2)cc1. The van der Waals surface area contributed by atoms with Crippen LogP contribution in [0.3, 0.4) is 0 Å². The first-order valence-corrected chi connectivity index (χ1v) is 6.86. The third-order valence-corrected chi connectivity index (χ3v) is 4.53. The van der Waals surface area contributed by atoms with Crippen molar-refractivity contribution in [2.24, 2.45) is 0 Å². The minimum absolute atomic E-state index is 0.583. The maximum absolute atomic E-state index is 10.3. The normalized spacial score (nSPS) is 12.5. The molecule has 0 fully saturated rings. The van der Waals surface area contributed by atoms with Crippen LogP contribution >= 0.6 is 31.9 Å². The molecule has 0 aromatic heterocycles. The second-order valence-electron chi connectivity index (χ2n) is 3.99. The molecule has 0 amide bonds. The Kier molecular flexibility index (Phi) is 4.02. The highest BCUT2D eigenvalue weighted by Crippen LogP contribution is 2.29. The minimum Gasteiger partial charge on any atom is -0.384 e. The summed E-state index contributed by atoms with van der Waals surface area (Å²) < 4.78 is 1.93. The van der Waals surface area contributed by atoms with Crippen molar-refractivity contribution in [3.05, 3.63) is 68.1 Å². The van der Waals surface area contributed by atoms with Crippen LogP contribution in [-0.2, 0) is 0 Å². The van der Waals surface area contributed by atoms with Gasteiger partial charge in [0.2, 0.25) is 0 Å². The van der Waals surface area contributed by atoms with E-state index in [1.54, 1.807) is 0 Å². The number of aryl methyl sites for hydroxylation is 1. The minimum atomic E-state index is -0.583. The predicted molar refractivity (Wildman–Crippen MR) is 77.1 cm³/mol. The molecule has 0 aliphatic carbocycles. The highest BCUT2D eigenvalue weighted by molar-refractivity contribution is 9.13. The van der Waals surface area contributed by atoms with Gasteiger partial charge in [0.05, 0.1) is 0 Å². The quantitative estimate of drug-likeness (QED) is 0.834. The van der Waals surface area contributed by atoms with Gasteiger partial charge in [-0.1, -0.05) is 35.9 Å². The Morgan fingerprint density at radius 3 is 2.06 bits per heavy atom. The summed E-state index contributed by atoms with van der Waals surface area (Å²) in [6.07, 6.45) is -0.583. The molecule has 2 aromatic rings. The van der Waals surface area contributed by atoms with E-state index in [0.29, 0.717) is 0 Å². The molecule has 3 heteroatoms. The van der Waals surface area contributed by atoms with Crippen molar-refractivity contribution in [3.63, 3.8) is 0 Å². The molecule has 88 valence electrons. The second kappa shape index (κ2) is 5.34. The first-order chi connectivity index (χ1) is 8.08. The molecular formula is C14H12Br2O. The van der Waals surface area contributed by atoms with E-state index in [0.717, 1.165) is 20.1 Å². The third-order valence-electron chi connectivity index (χ3n) is 2.65. The fourth-order valence-electron chi connectivity index (χ4n) is 1.62. The zero-order chi connectivity index (χ0) is 12.4. The lowest BCUT2D eigenvalue weighted by molar-refractivity contribution is 0.220. The van der Waals surface area contributed by atoms with E-state index in [1.165, 1.54) is 5.56 Å². The van der Waals surface area contributed by atoms with E-state index < -0.39 is 6.10 Å². The highest BCUT2D eigenvalue weighted by atomic mass is 79.9. The van der Waals surface area contributed by atoms with Crippen LogP contribution in [0.25, 0.3) is 0 Å². The number of aliphatic hydroxyl groups is 1. The van der Waals surface area contributed by atoms with Crippen molar-refractivity contribution in [3.8, 4) is 0 Å². The zero-order valence-electron chi connectivity index (χ0n) is 9.32. The van der Waals surface area contributed by atoms with Crippen LogP contribution in [0.5, 0.6) is 0 Å². The molecule has 17 heavy (non-hydrogen) atoms. The van der Waals surface area contributed by atoms with Crippen molar-refractivity contribution in [2.75, 3.05) is 0 Å². The van der Waals surface area contributed by atoms with Crippen LogP contribution in [0.1, 0.15) is 22.8 Å². The van der Waals surface area contributed by atoms with Gasteiger partial charge < -0.3 is 5.11 Å². The van der Waals surface area contributed by atoms with Crippen LogP contribution in [0.2, 0.25) is 0 Å². The highest BCUT2D eigenvalue weighted by Gasteiger charge is 2.11. The molecule has 0 saturated carbocycles. The molecule has 0 aliphatic heterocycles. The molecule has 0 bridgehead atoms. The topological polar surface area (TPSA) is 20.2 Å². The van der Waals surface area contributed by atoms with Crippen molar-refractivity contribution in [2.45, 2.75) is 13.0 Å². The molecular weight excluding hydrogens is 344 g/mol. The fourth-order valence-corrected chi connectivity index (χ4v) is 2.27. The Balaban J connectivity index is 2.33. The van der Waals surface area contributed by atoms with Crippen LogP contribution in [0.15, 0.2) is 51.4 Å². The number of aliphatic hydroxyl groups excluding tert-OH is 1. The number of hydrogen-bond acceptors (Lipinski definition) is 1. The smallest absolute Gasteiger partial charge is 0.104 e. The monoisotopic (exact) mass is 354 g/mol. The largest absolute Gasteiger partial charge is 0.384 e. The molecule has 1 nitrogen and oxygen atoms in total. The van der Waals surface area contributed by atoms with E-state index in [4.69, 9.17) is 0 Å². The van der Waals surface area contributed by atoms with E-state index in [-0.39, 0.29) is 0 Å². The lowest BCUT2D eigenvalue weighted by atomic mass is 10.0. The number of hydrogen-bond donors (Lipinski definition) is 1. The number of benzene rings is 2. The van der Waals surface area contributed by atoms with Gasteiger partial charge in [0.1, 0.15) is 6.10 Å². The molecule has 0 aliphatic rings. The van der Waals surface area contributed by atoms with Gasteiger partial charge in [0.15, 0.2) is 0 Å². The molecule has 1 atom stereocenters. The first kappa shape index (κ1) is 12.8. The molecule has 1 N–H and O–H groups in total. The van der Waals surface area contributed by atoms with Gasteiger partial charge in [0, 0.05) is 8.95 Å². The van der Waals surface area contributed by atoms with E-state index in [1.807, 2.05) is 49.4 Å². The summed E-state index contributed by atoms with van der Waals surface area (Å²) >= 11 is 6.86. The average molecular weight is 356 g/mol. The fraction of sp³-hybridized carbons (Fsp3) is 0.143. The lowest BCUT2D eigenvalue weighted by Crippen LogP contribution is -1.99. The van der Waals surface area contributed by atoms with E-state index >= 15 is 0 Å². The Labute approximate surface area is 118 Å². The maximum Gasteiger partial charge on any atom is 0.104 e. The van der Waals surface area contributed by atoms with E-state index in [9.17, 15) is 5.11 Å². The van der Waals surface area contributed by atoms with Gasteiger partial charge in [-0.15, -0.1) is 0 Å². The Morgan fingerprint density at radius 1 is 0.882 bits per heavy atom. The van der Waals surface area contributed by atoms with Crippen LogP contribution in [-0.4, -0.2) is 5.11 Å². The molecule has 0 spiro atoms. The number of rotatable bonds is 2. The summed E-state index contributed by atoms with van der Waals surface area (Å²) in [6, 6.07) is 13.7. The standard InChI is InChI=1S/C14H12Br2O/c1-9-2-4-10(5-3-9)14(17)11-6-7-12(15)13(16)8-11/h2-8,14,17H,1H3. The van der Waals surface area contributed by atoms with Crippen molar-refractivity contribution >= 4 is 31.9 Å². The van der Waals surface area contributed by atoms with Gasteiger partial charge in [-0.2, -0.15) is 0 Å². The Bertz CT molecular complexity index is 520. The van der Waals surface area contributed by atoms with Gasteiger partial charge in [-0.3, -0.25) is 0 Å². The number of halogens is 2. The molecule has 2 rings (SSSR count). The Morgan fingerprint density at radius 2 is 1.47 bits per heavy atom. The predicted octanol–water partition coefficient (Wildman–Crippen LogP) is 4.60. The molecule has 0 radical (unpaired) electrons. The zero-order valence-corrected chi connectivity index (χ0v) is 12.5. The summed E-state index contributed by atoms with van der Waals surface area (Å²) in [4.78, 5) is 0. The van der Waals surface area contributed by atoms with E-state index in [2.05, 4.69) is 31.9 Å². The summed E-state index contributed by atoms with van der Waals surface area (Å²) in [5, 5.41) is 10.3. The molecule has 0 saturated heterocycles. The molecule has 0 heterocycles. The van der Waals surface area contributed by atoms with Gasteiger partial charge in [0.25, 0.3) is 0 Å². The van der Waals surface area contributed by atoms with Crippen molar-refractivity contribution in [1.29, 1.82) is 0 Å². The van der Waals surface area contributed by atoms with Crippen LogP contribution in [0, 0.1) is 6.92 Å². The summed E-state index contributed by atoms with van der Waals surface area (Å²) in [5.74, 6) is 0. The summed E-state index contributed by atoms with van der Waals surface area (Å²) in [5.41, 5.74) is 2.98. The van der Waals surface area contributed by atoms with Crippen LogP contribution < -0.4 is 0 Å². The first-order valence-electron chi connectivity index (χ1n) is 5.27. The lowest BCUT2D eigenvalue weighted by Gasteiger charge is -2.12. The van der Waals surface area contributed by atoms with Crippen molar-refractivity contribution < 1.29 is 5.11 Å². The van der Waals surface area contributed by atoms with Crippen LogP contribution in [0.4, 0.5) is 0 Å². The average Bonchev–Trinajstić information content (AvgIpc) is 2.33. The van der Waals surface area contributed by atoms with Gasteiger partial charge >= 0.3 is 0 Å². The Hall–Kier alpha value is -0.640. The second-order valence-corrected chi connectivity index (χ2v) is 5.70. The van der Waals surface area contributed by atoms with Gasteiger partial charge in [-0.25, -0.2) is 0 Å². The summed E-state index contributed by atoms with van der Waals surface area (Å²) in [6.45, 7) is 2.03. The third kappa shape index (κ3) is 2.97. The van der Waals surface area contributed by atoms with Gasteiger partial charge in [-0.05, 0) is 62.0 Å². The van der Waals surface area contributed by atoms with Crippen molar-refractivity contribution in [1.82, 2.24) is 0 Å². The maximum atomic E-state index is 10.3. The summed E-state index contributed by atoms with van der Waals surface area (Å²) in [7, 11) is 0. The molecule has 1 unspecified atom stereocenters. The molecule has 2 aromatic carbocycles.